The maximum absolute atomic E-state index is 11.6. The van der Waals surface area contributed by atoms with Crippen LogP contribution in [-0.4, -0.2) is 29.3 Å². The Morgan fingerprint density at radius 1 is 1.38 bits per heavy atom. The number of aliphatic hydroxyl groups excluding tert-OH is 1. The van der Waals surface area contributed by atoms with Crippen LogP contribution >= 0.6 is 0 Å². The molecule has 3 unspecified atom stereocenters. The van der Waals surface area contributed by atoms with Crippen molar-refractivity contribution in [2.75, 3.05) is 5.32 Å². The molecule has 21 heavy (non-hydrogen) atoms. The van der Waals surface area contributed by atoms with Gasteiger partial charge in [-0.25, -0.2) is 0 Å². The van der Waals surface area contributed by atoms with Crippen molar-refractivity contribution in [3.63, 3.8) is 0 Å². The molecule has 2 rings (SSSR count). The summed E-state index contributed by atoms with van der Waals surface area (Å²) in [5, 5.41) is 12.7. The molecule has 1 aliphatic carbocycles. The van der Waals surface area contributed by atoms with Crippen LogP contribution in [0.3, 0.4) is 0 Å². The summed E-state index contributed by atoms with van der Waals surface area (Å²) in [4.78, 5) is 11.6. The summed E-state index contributed by atoms with van der Waals surface area (Å²) >= 11 is 0. The zero-order valence-electron chi connectivity index (χ0n) is 12.4. The number of hydrogen-bond acceptors (Lipinski definition) is 4. The molecule has 116 valence electrons. The lowest BCUT2D eigenvalue weighted by Crippen LogP contribution is -2.34. The van der Waals surface area contributed by atoms with Crippen molar-refractivity contribution in [1.29, 1.82) is 0 Å². The van der Waals surface area contributed by atoms with Gasteiger partial charge in [0.25, 0.3) is 0 Å². The van der Waals surface area contributed by atoms with Crippen LogP contribution in [0, 0.1) is 0 Å². The van der Waals surface area contributed by atoms with Crippen LogP contribution in [0.1, 0.15) is 39.0 Å². The summed E-state index contributed by atoms with van der Waals surface area (Å²) in [6.07, 6.45) is 3.62. The molecule has 1 aliphatic rings. The second-order valence-electron chi connectivity index (χ2n) is 5.76. The first-order chi connectivity index (χ1) is 10.0. The van der Waals surface area contributed by atoms with Crippen molar-refractivity contribution in [2.24, 2.45) is 5.73 Å². The van der Waals surface area contributed by atoms with Crippen LogP contribution in [-0.2, 0) is 4.79 Å². The number of anilines is 1. The highest BCUT2D eigenvalue weighted by atomic mass is 16.5. The molecule has 5 nitrogen and oxygen atoms in total. The molecule has 0 bridgehead atoms. The maximum atomic E-state index is 11.6. The summed E-state index contributed by atoms with van der Waals surface area (Å²) in [6.45, 7) is 1.80. The molecule has 1 aromatic rings. The van der Waals surface area contributed by atoms with E-state index in [0.717, 1.165) is 31.4 Å². The topological polar surface area (TPSA) is 84.6 Å². The first-order valence-electron chi connectivity index (χ1n) is 7.55. The molecule has 1 aromatic carbocycles. The molecule has 0 aromatic heterocycles. The van der Waals surface area contributed by atoms with E-state index >= 15 is 0 Å². The van der Waals surface area contributed by atoms with Gasteiger partial charge in [-0.1, -0.05) is 6.42 Å². The van der Waals surface area contributed by atoms with E-state index in [4.69, 9.17) is 10.5 Å². The molecular weight excluding hydrogens is 268 g/mol. The fourth-order valence-corrected chi connectivity index (χ4v) is 2.51. The summed E-state index contributed by atoms with van der Waals surface area (Å²) in [5.74, 6) is 0.618. The maximum Gasteiger partial charge on any atom is 0.225 e. The molecule has 4 N–H and O–H groups in total. The summed E-state index contributed by atoms with van der Waals surface area (Å²) in [5.41, 5.74) is 6.30. The minimum absolute atomic E-state index is 0.0960. The highest BCUT2D eigenvalue weighted by Gasteiger charge is 2.24. The predicted molar refractivity (Wildman–Crippen MR) is 82.2 cm³/mol. The van der Waals surface area contributed by atoms with E-state index in [-0.39, 0.29) is 24.2 Å². The Hall–Kier alpha value is -1.59. The van der Waals surface area contributed by atoms with Crippen molar-refractivity contribution < 1.29 is 14.6 Å². The molecule has 5 heteroatoms. The predicted octanol–water partition coefficient (Wildman–Crippen LogP) is 2.04. The van der Waals surface area contributed by atoms with Gasteiger partial charge in [0.15, 0.2) is 0 Å². The average molecular weight is 292 g/mol. The average Bonchev–Trinajstić information content (AvgIpc) is 2.42. The Bertz CT molecular complexity index is 459. The van der Waals surface area contributed by atoms with Crippen molar-refractivity contribution >= 4 is 11.6 Å². The molecule has 0 aliphatic heterocycles. The van der Waals surface area contributed by atoms with E-state index < -0.39 is 0 Å². The van der Waals surface area contributed by atoms with E-state index in [1.54, 1.807) is 19.1 Å². The van der Waals surface area contributed by atoms with Crippen LogP contribution in [0.25, 0.3) is 0 Å². The first kappa shape index (κ1) is 15.8. The van der Waals surface area contributed by atoms with Crippen LogP contribution in [0.4, 0.5) is 5.69 Å². The Balaban J connectivity index is 1.88. The minimum atomic E-state index is -0.385. The molecular formula is C16H24N2O3. The third-order valence-corrected chi connectivity index (χ3v) is 3.60. The number of amides is 1. The second-order valence-corrected chi connectivity index (χ2v) is 5.76. The van der Waals surface area contributed by atoms with Gasteiger partial charge in [0, 0.05) is 18.2 Å². The highest BCUT2D eigenvalue weighted by Crippen LogP contribution is 2.24. The van der Waals surface area contributed by atoms with Crippen molar-refractivity contribution in [2.45, 2.75) is 57.3 Å². The standard InChI is InChI=1S/C16H24N2O3/c1-11(17)10-16(20)18-12-6-8-13(9-7-12)21-15-5-3-2-4-14(15)19/h6-9,11,14-15,19H,2-5,10,17H2,1H3,(H,18,20). The Labute approximate surface area is 125 Å². The van der Waals surface area contributed by atoms with E-state index in [0.29, 0.717) is 12.2 Å². The molecule has 1 saturated carbocycles. The number of aliphatic hydroxyl groups is 1. The Kier molecular flexibility index (Phi) is 5.59. The highest BCUT2D eigenvalue weighted by molar-refractivity contribution is 5.91. The lowest BCUT2D eigenvalue weighted by molar-refractivity contribution is -0.116. The molecule has 0 spiro atoms. The van der Waals surface area contributed by atoms with Gasteiger partial charge in [-0.2, -0.15) is 0 Å². The van der Waals surface area contributed by atoms with E-state index in [1.807, 2.05) is 12.1 Å². The molecule has 3 atom stereocenters. The molecule has 0 radical (unpaired) electrons. The van der Waals surface area contributed by atoms with E-state index in [2.05, 4.69) is 5.32 Å². The number of benzene rings is 1. The third kappa shape index (κ3) is 5.02. The number of rotatable bonds is 5. The van der Waals surface area contributed by atoms with E-state index in [9.17, 15) is 9.90 Å². The molecule has 0 saturated heterocycles. The quantitative estimate of drug-likeness (QED) is 0.775. The Morgan fingerprint density at radius 3 is 2.67 bits per heavy atom. The van der Waals surface area contributed by atoms with Crippen LogP contribution in [0.15, 0.2) is 24.3 Å². The number of carbonyl (C=O) groups is 1. The number of nitrogens with two attached hydrogens (primary N) is 1. The second kappa shape index (κ2) is 7.43. The SMILES string of the molecule is CC(N)CC(=O)Nc1ccc(OC2CCCCC2O)cc1. The largest absolute Gasteiger partial charge is 0.488 e. The zero-order chi connectivity index (χ0) is 15.2. The third-order valence-electron chi connectivity index (χ3n) is 3.60. The van der Waals surface area contributed by atoms with Crippen LogP contribution in [0.2, 0.25) is 0 Å². The van der Waals surface area contributed by atoms with Crippen molar-refractivity contribution in [3.8, 4) is 5.75 Å². The smallest absolute Gasteiger partial charge is 0.225 e. The monoisotopic (exact) mass is 292 g/mol. The fraction of sp³-hybridized carbons (Fsp3) is 0.562. The molecule has 1 amide bonds. The van der Waals surface area contributed by atoms with Gasteiger partial charge in [0.2, 0.25) is 5.91 Å². The molecule has 1 fully saturated rings. The zero-order valence-corrected chi connectivity index (χ0v) is 12.4. The van der Waals surface area contributed by atoms with E-state index in [1.165, 1.54) is 0 Å². The first-order valence-corrected chi connectivity index (χ1v) is 7.55. The number of carbonyl (C=O) groups excluding carboxylic acids is 1. The van der Waals surface area contributed by atoms with Crippen LogP contribution in [0.5, 0.6) is 5.75 Å². The fourth-order valence-electron chi connectivity index (χ4n) is 2.51. The lowest BCUT2D eigenvalue weighted by atomic mass is 9.95. The Morgan fingerprint density at radius 2 is 2.05 bits per heavy atom. The van der Waals surface area contributed by atoms with Gasteiger partial charge >= 0.3 is 0 Å². The van der Waals surface area contributed by atoms with Gasteiger partial charge in [0.1, 0.15) is 11.9 Å². The van der Waals surface area contributed by atoms with Gasteiger partial charge < -0.3 is 20.9 Å². The number of nitrogens with one attached hydrogen (secondary N) is 1. The number of hydrogen-bond donors (Lipinski definition) is 3. The van der Waals surface area contributed by atoms with Crippen LogP contribution < -0.4 is 15.8 Å². The van der Waals surface area contributed by atoms with Gasteiger partial charge in [-0.15, -0.1) is 0 Å². The van der Waals surface area contributed by atoms with Crippen molar-refractivity contribution in [3.05, 3.63) is 24.3 Å². The lowest BCUT2D eigenvalue weighted by Gasteiger charge is -2.28. The van der Waals surface area contributed by atoms with Gasteiger partial charge in [-0.3, -0.25) is 4.79 Å². The summed E-state index contributed by atoms with van der Waals surface area (Å²) in [7, 11) is 0. The van der Waals surface area contributed by atoms with Gasteiger partial charge in [0.05, 0.1) is 6.10 Å². The normalized spacial score (nSPS) is 23.4. The van der Waals surface area contributed by atoms with Gasteiger partial charge in [-0.05, 0) is 50.5 Å². The number of ether oxygens (including phenoxy) is 1. The summed E-state index contributed by atoms with van der Waals surface area (Å²) < 4.78 is 5.81. The van der Waals surface area contributed by atoms with Crippen molar-refractivity contribution in [1.82, 2.24) is 0 Å². The summed E-state index contributed by atoms with van der Waals surface area (Å²) in [6, 6.07) is 7.05. The molecule has 0 heterocycles. The minimum Gasteiger partial charge on any atom is -0.488 e.